The van der Waals surface area contributed by atoms with E-state index in [1.807, 2.05) is 6.07 Å². The molecule has 1 aromatic carbocycles. The SMILES string of the molecule is CN(Cc1ccc(Cl)s1)C(=O)CCn1[nH]c(=O)c2ccccc2c1=O. The number of fused-ring (bicyclic) bond motifs is 1. The van der Waals surface area contributed by atoms with E-state index < -0.39 is 0 Å². The molecule has 25 heavy (non-hydrogen) atoms. The molecule has 8 heteroatoms. The predicted molar refractivity (Wildman–Crippen MR) is 99.2 cm³/mol. The van der Waals surface area contributed by atoms with Crippen LogP contribution in [-0.2, 0) is 17.9 Å². The molecule has 0 saturated carbocycles. The van der Waals surface area contributed by atoms with Gasteiger partial charge in [-0.3, -0.25) is 19.5 Å². The molecule has 0 aliphatic heterocycles. The molecule has 0 spiro atoms. The Morgan fingerprint density at radius 2 is 1.92 bits per heavy atom. The van der Waals surface area contributed by atoms with Crippen molar-refractivity contribution in [2.75, 3.05) is 7.05 Å². The summed E-state index contributed by atoms with van der Waals surface area (Å²) in [5.41, 5.74) is -0.653. The van der Waals surface area contributed by atoms with Crippen molar-refractivity contribution in [1.82, 2.24) is 14.7 Å². The minimum Gasteiger partial charge on any atom is -0.341 e. The Bertz CT molecular complexity index is 1040. The highest BCUT2D eigenvalue weighted by Gasteiger charge is 2.12. The molecule has 3 aromatic rings. The van der Waals surface area contributed by atoms with Gasteiger partial charge in [0.1, 0.15) is 0 Å². The number of hydrogen-bond acceptors (Lipinski definition) is 4. The molecular weight excluding hydrogens is 362 g/mol. The lowest BCUT2D eigenvalue weighted by Crippen LogP contribution is -2.33. The number of thiophene rings is 1. The molecule has 1 N–H and O–H groups in total. The Morgan fingerprint density at radius 1 is 1.20 bits per heavy atom. The van der Waals surface area contributed by atoms with Gasteiger partial charge in [0.25, 0.3) is 11.1 Å². The number of hydrogen-bond donors (Lipinski definition) is 1. The lowest BCUT2D eigenvalue weighted by atomic mass is 10.2. The zero-order valence-corrected chi connectivity index (χ0v) is 15.1. The highest BCUT2D eigenvalue weighted by Crippen LogP contribution is 2.22. The number of nitrogens with one attached hydrogen (secondary N) is 1. The molecule has 1 amide bonds. The number of benzene rings is 1. The Balaban J connectivity index is 1.72. The van der Waals surface area contributed by atoms with Crippen LogP contribution in [0.2, 0.25) is 4.34 Å². The minimum atomic E-state index is -0.343. The first-order valence-corrected chi connectivity index (χ1v) is 8.85. The third-order valence-corrected chi connectivity index (χ3v) is 5.10. The number of rotatable bonds is 5. The van der Waals surface area contributed by atoms with Crippen LogP contribution < -0.4 is 11.1 Å². The first-order chi connectivity index (χ1) is 12.0. The third kappa shape index (κ3) is 3.83. The molecular formula is C17H16ClN3O3S. The van der Waals surface area contributed by atoms with E-state index in [1.165, 1.54) is 16.0 Å². The van der Waals surface area contributed by atoms with Crippen LogP contribution in [0.25, 0.3) is 10.8 Å². The number of H-pyrrole nitrogens is 1. The van der Waals surface area contributed by atoms with Gasteiger partial charge in [-0.15, -0.1) is 11.3 Å². The van der Waals surface area contributed by atoms with E-state index in [0.717, 1.165) is 4.88 Å². The second-order valence-electron chi connectivity index (χ2n) is 5.65. The monoisotopic (exact) mass is 377 g/mol. The van der Waals surface area contributed by atoms with E-state index >= 15 is 0 Å². The largest absolute Gasteiger partial charge is 0.341 e. The first kappa shape index (κ1) is 17.4. The summed E-state index contributed by atoms with van der Waals surface area (Å²) in [5, 5.41) is 3.22. The average Bonchev–Trinajstić information content (AvgIpc) is 3.01. The van der Waals surface area contributed by atoms with Crippen molar-refractivity contribution in [3.63, 3.8) is 0 Å². The Labute approximate surface area is 152 Å². The second kappa shape index (κ2) is 7.25. The van der Waals surface area contributed by atoms with Crippen LogP contribution >= 0.6 is 22.9 Å². The van der Waals surface area contributed by atoms with Gasteiger partial charge in [-0.25, -0.2) is 4.68 Å². The van der Waals surface area contributed by atoms with Crippen molar-refractivity contribution in [2.45, 2.75) is 19.5 Å². The summed E-state index contributed by atoms with van der Waals surface area (Å²) in [6, 6.07) is 10.3. The average molecular weight is 378 g/mol. The van der Waals surface area contributed by atoms with Gasteiger partial charge in [0.15, 0.2) is 0 Å². The smallest absolute Gasteiger partial charge is 0.273 e. The molecule has 0 bridgehead atoms. The van der Waals surface area contributed by atoms with Crippen LogP contribution in [0.3, 0.4) is 0 Å². The van der Waals surface area contributed by atoms with Crippen molar-refractivity contribution < 1.29 is 4.79 Å². The Hall–Kier alpha value is -2.38. The number of aryl methyl sites for hydroxylation is 1. The van der Waals surface area contributed by atoms with Crippen LogP contribution in [0.5, 0.6) is 0 Å². The number of carbonyl (C=O) groups is 1. The van der Waals surface area contributed by atoms with Crippen molar-refractivity contribution in [2.24, 2.45) is 0 Å². The van der Waals surface area contributed by atoms with Crippen molar-refractivity contribution in [1.29, 1.82) is 0 Å². The van der Waals surface area contributed by atoms with Gasteiger partial charge in [-0.05, 0) is 24.3 Å². The minimum absolute atomic E-state index is 0.115. The molecule has 0 saturated heterocycles. The summed E-state index contributed by atoms with van der Waals surface area (Å²) >= 11 is 7.31. The Kier molecular flexibility index (Phi) is 5.06. The van der Waals surface area contributed by atoms with Crippen LogP contribution in [0, 0.1) is 0 Å². The fourth-order valence-electron chi connectivity index (χ4n) is 2.56. The zero-order valence-electron chi connectivity index (χ0n) is 13.5. The maximum Gasteiger partial charge on any atom is 0.273 e. The highest BCUT2D eigenvalue weighted by molar-refractivity contribution is 7.16. The molecule has 0 aliphatic rings. The van der Waals surface area contributed by atoms with Gasteiger partial charge in [0.05, 0.1) is 28.2 Å². The van der Waals surface area contributed by atoms with Gasteiger partial charge in [-0.2, -0.15) is 0 Å². The van der Waals surface area contributed by atoms with Crippen molar-refractivity contribution >= 4 is 39.6 Å². The normalized spacial score (nSPS) is 11.0. The summed E-state index contributed by atoms with van der Waals surface area (Å²) in [5.74, 6) is -0.120. The number of aromatic amines is 1. The predicted octanol–water partition coefficient (Wildman–Crippen LogP) is 2.45. The maximum absolute atomic E-state index is 12.4. The van der Waals surface area contributed by atoms with Crippen LogP contribution in [0.15, 0.2) is 46.0 Å². The summed E-state index contributed by atoms with van der Waals surface area (Å²) in [7, 11) is 1.70. The van der Waals surface area contributed by atoms with Gasteiger partial charge in [0.2, 0.25) is 5.91 Å². The molecule has 2 heterocycles. The number of nitrogens with zero attached hydrogens (tertiary/aromatic N) is 2. The van der Waals surface area contributed by atoms with E-state index in [-0.39, 0.29) is 30.0 Å². The van der Waals surface area contributed by atoms with Crippen LogP contribution in [-0.4, -0.2) is 27.6 Å². The lowest BCUT2D eigenvalue weighted by Gasteiger charge is -2.16. The number of aromatic nitrogens is 2. The number of halogens is 1. The molecule has 0 unspecified atom stereocenters. The quantitative estimate of drug-likeness (QED) is 0.742. The molecule has 0 fully saturated rings. The molecule has 130 valence electrons. The maximum atomic E-state index is 12.4. The summed E-state index contributed by atoms with van der Waals surface area (Å²) < 4.78 is 1.87. The van der Waals surface area contributed by atoms with Crippen molar-refractivity contribution in [3.8, 4) is 0 Å². The Morgan fingerprint density at radius 3 is 2.60 bits per heavy atom. The molecule has 3 rings (SSSR count). The summed E-state index contributed by atoms with van der Waals surface area (Å²) in [6.07, 6.45) is 0.115. The van der Waals surface area contributed by atoms with Crippen LogP contribution in [0.4, 0.5) is 0 Å². The van der Waals surface area contributed by atoms with E-state index in [9.17, 15) is 14.4 Å². The third-order valence-electron chi connectivity index (χ3n) is 3.88. The van der Waals surface area contributed by atoms with Crippen molar-refractivity contribution in [3.05, 3.63) is 66.3 Å². The van der Waals surface area contributed by atoms with Crippen LogP contribution in [0.1, 0.15) is 11.3 Å². The van der Waals surface area contributed by atoms with E-state index in [2.05, 4.69) is 5.10 Å². The number of amides is 1. The molecule has 0 radical (unpaired) electrons. The highest BCUT2D eigenvalue weighted by atomic mass is 35.5. The first-order valence-electron chi connectivity index (χ1n) is 7.66. The van der Waals surface area contributed by atoms with E-state index in [1.54, 1.807) is 42.3 Å². The van der Waals surface area contributed by atoms with Gasteiger partial charge >= 0.3 is 0 Å². The summed E-state index contributed by atoms with van der Waals surface area (Å²) in [4.78, 5) is 39.3. The molecule has 0 atom stereocenters. The summed E-state index contributed by atoms with van der Waals surface area (Å²) in [6.45, 7) is 0.576. The van der Waals surface area contributed by atoms with E-state index in [4.69, 9.17) is 11.6 Å². The standard InChI is InChI=1S/C17H16ClN3O3S/c1-20(10-11-6-7-14(18)25-11)15(22)8-9-21-17(24)13-5-3-2-4-12(13)16(23)19-21/h2-7H,8-10H2,1H3,(H,19,23). The molecule has 0 aliphatic carbocycles. The van der Waals surface area contributed by atoms with Gasteiger partial charge < -0.3 is 4.90 Å². The fourth-order valence-corrected chi connectivity index (χ4v) is 3.70. The molecule has 6 nitrogen and oxygen atoms in total. The van der Waals surface area contributed by atoms with Gasteiger partial charge in [-0.1, -0.05) is 23.7 Å². The molecule has 2 aromatic heterocycles. The topological polar surface area (TPSA) is 75.2 Å². The van der Waals surface area contributed by atoms with Gasteiger partial charge in [0, 0.05) is 18.3 Å². The zero-order chi connectivity index (χ0) is 18.0. The lowest BCUT2D eigenvalue weighted by molar-refractivity contribution is -0.130. The van der Waals surface area contributed by atoms with E-state index in [0.29, 0.717) is 21.7 Å². The second-order valence-corrected chi connectivity index (χ2v) is 7.45. The fraction of sp³-hybridized carbons (Fsp3) is 0.235. The number of carbonyl (C=O) groups excluding carboxylic acids is 1.